The van der Waals surface area contributed by atoms with Gasteiger partial charge in [0.15, 0.2) is 17.5 Å². The van der Waals surface area contributed by atoms with Crippen molar-refractivity contribution < 1.29 is 13.6 Å². The number of hydrogen-bond donors (Lipinski definition) is 1. The number of nitrogens with zero attached hydrogens (tertiary/aromatic N) is 4. The van der Waals surface area contributed by atoms with Crippen molar-refractivity contribution in [3.8, 4) is 22.8 Å². The molecular weight excluding hydrogens is 436 g/mol. The standard InChI is InChI=1S/C26H19F2N5O/c1-15-8-10-17(11-9-15)31-26(34)23-16(2)13-29-24(32-23)18-6-4-12-33-21(18)14-30-25(33)19-5-3-7-20(27)22(19)28/h3-14H,1-2H3,(H,31,34). The van der Waals surface area contributed by atoms with E-state index in [0.717, 1.165) is 11.6 Å². The Kier molecular flexibility index (Phi) is 5.33. The molecule has 168 valence electrons. The van der Waals surface area contributed by atoms with Crippen LogP contribution in [0.3, 0.4) is 0 Å². The van der Waals surface area contributed by atoms with Crippen molar-refractivity contribution >= 4 is 17.1 Å². The van der Waals surface area contributed by atoms with Gasteiger partial charge >= 0.3 is 0 Å². The van der Waals surface area contributed by atoms with E-state index >= 15 is 0 Å². The first-order chi connectivity index (χ1) is 16.4. The molecule has 0 aliphatic carbocycles. The Bertz CT molecular complexity index is 1540. The molecule has 8 heteroatoms. The number of carbonyl (C=O) groups is 1. The summed E-state index contributed by atoms with van der Waals surface area (Å²) in [4.78, 5) is 26.2. The topological polar surface area (TPSA) is 72.2 Å². The molecule has 0 atom stereocenters. The number of nitrogens with one attached hydrogen (secondary N) is 1. The highest BCUT2D eigenvalue weighted by molar-refractivity contribution is 6.04. The van der Waals surface area contributed by atoms with Crippen molar-refractivity contribution in [1.82, 2.24) is 19.4 Å². The van der Waals surface area contributed by atoms with Crippen LogP contribution in [0.4, 0.5) is 14.5 Å². The average Bonchev–Trinajstić information content (AvgIpc) is 3.27. The lowest BCUT2D eigenvalue weighted by Gasteiger charge is -2.10. The van der Waals surface area contributed by atoms with Crippen LogP contribution in [0, 0.1) is 25.5 Å². The Morgan fingerprint density at radius 1 is 0.912 bits per heavy atom. The van der Waals surface area contributed by atoms with E-state index in [1.807, 2.05) is 31.2 Å². The minimum absolute atomic E-state index is 0.0418. The third-order valence-electron chi connectivity index (χ3n) is 5.50. The lowest BCUT2D eigenvalue weighted by atomic mass is 10.1. The van der Waals surface area contributed by atoms with E-state index in [0.29, 0.717) is 28.2 Å². The van der Waals surface area contributed by atoms with E-state index in [-0.39, 0.29) is 23.0 Å². The van der Waals surface area contributed by atoms with Gasteiger partial charge in [0, 0.05) is 23.6 Å². The summed E-state index contributed by atoms with van der Waals surface area (Å²) >= 11 is 0. The molecule has 0 saturated heterocycles. The van der Waals surface area contributed by atoms with Gasteiger partial charge in [0.25, 0.3) is 5.91 Å². The van der Waals surface area contributed by atoms with E-state index < -0.39 is 11.6 Å². The maximum absolute atomic E-state index is 14.4. The van der Waals surface area contributed by atoms with Crippen LogP contribution in [0.5, 0.6) is 0 Å². The molecule has 3 aromatic heterocycles. The Labute approximate surface area is 194 Å². The van der Waals surface area contributed by atoms with Crippen molar-refractivity contribution in [3.05, 3.63) is 102 Å². The minimum atomic E-state index is -0.970. The monoisotopic (exact) mass is 455 g/mol. The van der Waals surface area contributed by atoms with Crippen molar-refractivity contribution in [2.45, 2.75) is 13.8 Å². The van der Waals surface area contributed by atoms with Gasteiger partial charge in [-0.2, -0.15) is 0 Å². The fourth-order valence-corrected chi connectivity index (χ4v) is 3.72. The predicted octanol–water partition coefficient (Wildman–Crippen LogP) is 5.61. The first-order valence-electron chi connectivity index (χ1n) is 10.5. The van der Waals surface area contributed by atoms with Crippen LogP contribution >= 0.6 is 0 Å². The molecule has 2 aromatic carbocycles. The number of pyridine rings is 1. The third kappa shape index (κ3) is 3.79. The van der Waals surface area contributed by atoms with Crippen LogP contribution in [0.25, 0.3) is 28.3 Å². The lowest BCUT2D eigenvalue weighted by Crippen LogP contribution is -2.16. The van der Waals surface area contributed by atoms with E-state index in [2.05, 4.69) is 20.3 Å². The first kappa shape index (κ1) is 21.4. The molecule has 34 heavy (non-hydrogen) atoms. The first-order valence-corrected chi connectivity index (χ1v) is 10.5. The fourth-order valence-electron chi connectivity index (χ4n) is 3.72. The number of amides is 1. The Morgan fingerprint density at radius 3 is 2.47 bits per heavy atom. The number of halogens is 2. The molecule has 1 amide bonds. The number of benzene rings is 2. The summed E-state index contributed by atoms with van der Waals surface area (Å²) in [6.07, 6.45) is 4.83. The van der Waals surface area contributed by atoms with E-state index in [4.69, 9.17) is 0 Å². The molecule has 0 fully saturated rings. The zero-order valence-corrected chi connectivity index (χ0v) is 18.4. The van der Waals surface area contributed by atoms with Crippen molar-refractivity contribution in [2.24, 2.45) is 0 Å². The number of aryl methyl sites for hydroxylation is 2. The van der Waals surface area contributed by atoms with Crippen molar-refractivity contribution in [3.63, 3.8) is 0 Å². The second-order valence-electron chi connectivity index (χ2n) is 7.91. The number of anilines is 1. The molecule has 0 radical (unpaired) electrons. The summed E-state index contributed by atoms with van der Waals surface area (Å²) in [7, 11) is 0. The van der Waals surface area contributed by atoms with Gasteiger partial charge in [0.05, 0.1) is 17.3 Å². The normalized spacial score (nSPS) is 11.1. The summed E-state index contributed by atoms with van der Waals surface area (Å²) in [5.41, 5.74) is 3.84. The molecule has 5 rings (SSSR count). The van der Waals surface area contributed by atoms with E-state index in [9.17, 15) is 13.6 Å². The number of carbonyl (C=O) groups excluding carboxylic acids is 1. The number of imidazole rings is 1. The maximum atomic E-state index is 14.4. The molecule has 6 nitrogen and oxygen atoms in total. The third-order valence-corrected chi connectivity index (χ3v) is 5.50. The van der Waals surface area contributed by atoms with Gasteiger partial charge in [-0.3, -0.25) is 9.20 Å². The predicted molar refractivity (Wildman–Crippen MR) is 125 cm³/mol. The maximum Gasteiger partial charge on any atom is 0.274 e. The van der Waals surface area contributed by atoms with E-state index in [1.165, 1.54) is 12.1 Å². The molecule has 5 aromatic rings. The van der Waals surface area contributed by atoms with Gasteiger partial charge < -0.3 is 5.32 Å². The highest BCUT2D eigenvalue weighted by Gasteiger charge is 2.19. The number of fused-ring (bicyclic) bond motifs is 1. The zero-order chi connectivity index (χ0) is 23.8. The van der Waals surface area contributed by atoms with Gasteiger partial charge in [-0.15, -0.1) is 0 Å². The fraction of sp³-hybridized carbons (Fsp3) is 0.0769. The minimum Gasteiger partial charge on any atom is -0.321 e. The largest absolute Gasteiger partial charge is 0.321 e. The zero-order valence-electron chi connectivity index (χ0n) is 18.4. The Hall–Kier alpha value is -4.46. The number of aromatic nitrogens is 4. The van der Waals surface area contributed by atoms with Crippen molar-refractivity contribution in [1.29, 1.82) is 0 Å². The van der Waals surface area contributed by atoms with Crippen molar-refractivity contribution in [2.75, 3.05) is 5.32 Å². The van der Waals surface area contributed by atoms with Crippen LogP contribution in [0.1, 0.15) is 21.6 Å². The highest BCUT2D eigenvalue weighted by atomic mass is 19.2. The summed E-state index contributed by atoms with van der Waals surface area (Å²) < 4.78 is 29.8. The van der Waals surface area contributed by atoms with Gasteiger partial charge in [-0.05, 0) is 55.8 Å². The van der Waals surface area contributed by atoms with Gasteiger partial charge in [0.2, 0.25) is 0 Å². The molecule has 0 spiro atoms. The molecule has 3 heterocycles. The molecule has 0 bridgehead atoms. The smallest absolute Gasteiger partial charge is 0.274 e. The van der Waals surface area contributed by atoms with Gasteiger partial charge in [-0.1, -0.05) is 23.8 Å². The lowest BCUT2D eigenvalue weighted by molar-refractivity contribution is 0.102. The highest BCUT2D eigenvalue weighted by Crippen LogP contribution is 2.29. The van der Waals surface area contributed by atoms with Gasteiger partial charge in [-0.25, -0.2) is 23.7 Å². The van der Waals surface area contributed by atoms with E-state index in [1.54, 1.807) is 42.0 Å². The summed E-state index contributed by atoms with van der Waals surface area (Å²) in [5, 5.41) is 2.86. The van der Waals surface area contributed by atoms with Crippen LogP contribution in [-0.4, -0.2) is 25.3 Å². The second kappa shape index (κ2) is 8.47. The quantitative estimate of drug-likeness (QED) is 0.383. The molecule has 0 saturated carbocycles. The molecule has 0 aliphatic rings. The SMILES string of the molecule is Cc1ccc(NC(=O)c2nc(-c3cccn4c(-c5cccc(F)c5F)ncc34)ncc2C)cc1. The van der Waals surface area contributed by atoms with Crippen LogP contribution in [0.15, 0.2) is 73.2 Å². The number of hydrogen-bond acceptors (Lipinski definition) is 4. The number of rotatable bonds is 4. The summed E-state index contributed by atoms with van der Waals surface area (Å²) in [6, 6.07) is 14.9. The Morgan fingerprint density at radius 2 is 1.68 bits per heavy atom. The van der Waals surface area contributed by atoms with Crippen LogP contribution in [-0.2, 0) is 0 Å². The molecule has 0 aliphatic heterocycles. The summed E-state index contributed by atoms with van der Waals surface area (Å²) in [5.74, 6) is -1.71. The van der Waals surface area contributed by atoms with Crippen LogP contribution < -0.4 is 5.32 Å². The molecule has 1 N–H and O–H groups in total. The average molecular weight is 455 g/mol. The van der Waals surface area contributed by atoms with Gasteiger partial charge in [0.1, 0.15) is 11.5 Å². The summed E-state index contributed by atoms with van der Waals surface area (Å²) in [6.45, 7) is 3.73. The van der Waals surface area contributed by atoms with Crippen LogP contribution in [0.2, 0.25) is 0 Å². The Balaban J connectivity index is 1.55. The second-order valence-corrected chi connectivity index (χ2v) is 7.91. The molecule has 0 unspecified atom stereocenters. The molecular formula is C26H19F2N5O.